The maximum absolute atomic E-state index is 12.3. The topological polar surface area (TPSA) is 29.5 Å². The lowest BCUT2D eigenvalue weighted by Gasteiger charge is -2.34. The number of ether oxygens (including phenoxy) is 1. The van der Waals surface area contributed by atoms with E-state index in [4.69, 9.17) is 4.74 Å². The van der Waals surface area contributed by atoms with Gasteiger partial charge in [0.25, 0.3) is 5.91 Å². The Bertz CT molecular complexity index is 448. The van der Waals surface area contributed by atoms with Crippen molar-refractivity contribution in [3.63, 3.8) is 0 Å². The van der Waals surface area contributed by atoms with Crippen molar-refractivity contribution < 1.29 is 9.53 Å². The fraction of sp³-hybridized carbons (Fsp3) is 0.588. The summed E-state index contributed by atoms with van der Waals surface area (Å²) in [6, 6.07) is 7.93. The molecule has 1 saturated heterocycles. The zero-order valence-electron chi connectivity index (χ0n) is 12.8. The van der Waals surface area contributed by atoms with Gasteiger partial charge in [-0.1, -0.05) is 39.0 Å². The molecule has 0 spiro atoms. The molecule has 1 amide bonds. The van der Waals surface area contributed by atoms with E-state index in [0.29, 0.717) is 11.8 Å². The Kier molecular flexibility index (Phi) is 5.05. The van der Waals surface area contributed by atoms with E-state index in [1.54, 1.807) is 0 Å². The van der Waals surface area contributed by atoms with Crippen LogP contribution >= 0.6 is 0 Å². The summed E-state index contributed by atoms with van der Waals surface area (Å²) in [6.07, 6.45) is 2.13. The van der Waals surface area contributed by atoms with Crippen LogP contribution in [0.5, 0.6) is 5.75 Å². The van der Waals surface area contributed by atoms with Gasteiger partial charge in [0, 0.05) is 13.1 Å². The number of para-hydroxylation sites is 1. The van der Waals surface area contributed by atoms with Crippen molar-refractivity contribution in [2.24, 2.45) is 11.8 Å². The first-order valence-electron chi connectivity index (χ1n) is 7.58. The molecule has 0 aliphatic carbocycles. The molecule has 1 aromatic carbocycles. The van der Waals surface area contributed by atoms with E-state index in [1.165, 1.54) is 6.42 Å². The molecule has 0 radical (unpaired) electrons. The van der Waals surface area contributed by atoms with Crippen molar-refractivity contribution in [3.8, 4) is 5.75 Å². The van der Waals surface area contributed by atoms with Gasteiger partial charge in [0.15, 0.2) is 6.61 Å². The molecule has 110 valence electrons. The van der Waals surface area contributed by atoms with Crippen molar-refractivity contribution in [2.45, 2.75) is 33.6 Å². The summed E-state index contributed by atoms with van der Waals surface area (Å²) in [7, 11) is 0. The van der Waals surface area contributed by atoms with Gasteiger partial charge in [-0.15, -0.1) is 0 Å². The highest BCUT2D eigenvalue weighted by atomic mass is 16.5. The minimum absolute atomic E-state index is 0.106. The van der Waals surface area contributed by atoms with Crippen molar-refractivity contribution >= 4 is 5.91 Å². The SMILES string of the molecule is CCc1ccccc1OCC(=O)N1CC(C)CC(C)C1. The average molecular weight is 275 g/mol. The molecule has 2 rings (SSSR count). The Labute approximate surface area is 121 Å². The van der Waals surface area contributed by atoms with Gasteiger partial charge < -0.3 is 9.64 Å². The maximum Gasteiger partial charge on any atom is 0.260 e. The molecule has 1 heterocycles. The van der Waals surface area contributed by atoms with Crippen LogP contribution in [0.1, 0.15) is 32.8 Å². The first-order chi connectivity index (χ1) is 9.60. The van der Waals surface area contributed by atoms with Crippen molar-refractivity contribution in [2.75, 3.05) is 19.7 Å². The number of nitrogens with zero attached hydrogens (tertiary/aromatic N) is 1. The summed E-state index contributed by atoms with van der Waals surface area (Å²) in [5, 5.41) is 0. The van der Waals surface area contributed by atoms with Crippen LogP contribution in [0.15, 0.2) is 24.3 Å². The summed E-state index contributed by atoms with van der Waals surface area (Å²) in [5.74, 6) is 2.12. The summed E-state index contributed by atoms with van der Waals surface area (Å²) in [6.45, 7) is 8.39. The Balaban J connectivity index is 1.91. The van der Waals surface area contributed by atoms with E-state index >= 15 is 0 Å². The van der Waals surface area contributed by atoms with Crippen LogP contribution in [0.25, 0.3) is 0 Å². The smallest absolute Gasteiger partial charge is 0.260 e. The zero-order valence-corrected chi connectivity index (χ0v) is 12.8. The molecule has 1 aliphatic rings. The second-order valence-electron chi connectivity index (χ2n) is 5.99. The van der Waals surface area contributed by atoms with Gasteiger partial charge in [-0.2, -0.15) is 0 Å². The molecule has 3 heteroatoms. The summed E-state index contributed by atoms with van der Waals surface area (Å²) in [4.78, 5) is 14.2. The van der Waals surface area contributed by atoms with Gasteiger partial charge in [0.1, 0.15) is 5.75 Å². The molecular formula is C17H25NO2. The Hall–Kier alpha value is -1.51. The van der Waals surface area contributed by atoms with E-state index in [1.807, 2.05) is 29.2 Å². The summed E-state index contributed by atoms with van der Waals surface area (Å²) in [5.41, 5.74) is 1.15. The first-order valence-corrected chi connectivity index (χ1v) is 7.58. The lowest BCUT2D eigenvalue weighted by atomic mass is 9.92. The van der Waals surface area contributed by atoms with Gasteiger partial charge in [-0.25, -0.2) is 0 Å². The van der Waals surface area contributed by atoms with E-state index in [-0.39, 0.29) is 12.5 Å². The van der Waals surface area contributed by atoms with Crippen LogP contribution in [0.3, 0.4) is 0 Å². The highest BCUT2D eigenvalue weighted by molar-refractivity contribution is 5.78. The lowest BCUT2D eigenvalue weighted by molar-refractivity contribution is -0.136. The van der Waals surface area contributed by atoms with Gasteiger partial charge in [-0.3, -0.25) is 4.79 Å². The zero-order chi connectivity index (χ0) is 14.5. The summed E-state index contributed by atoms with van der Waals surface area (Å²) >= 11 is 0. The fourth-order valence-corrected chi connectivity index (χ4v) is 3.03. The third kappa shape index (κ3) is 3.75. The third-order valence-electron chi connectivity index (χ3n) is 3.93. The van der Waals surface area contributed by atoms with Crippen molar-refractivity contribution in [1.29, 1.82) is 0 Å². The minimum Gasteiger partial charge on any atom is -0.483 e. The predicted octanol–water partition coefficient (Wildman–Crippen LogP) is 3.13. The molecule has 1 fully saturated rings. The molecule has 1 aliphatic heterocycles. The number of amides is 1. The predicted molar refractivity (Wildman–Crippen MR) is 80.8 cm³/mol. The second kappa shape index (κ2) is 6.78. The Morgan fingerprint density at radius 1 is 1.25 bits per heavy atom. The molecular weight excluding hydrogens is 250 g/mol. The van der Waals surface area contributed by atoms with E-state index < -0.39 is 0 Å². The first kappa shape index (κ1) is 14.9. The van der Waals surface area contributed by atoms with Crippen molar-refractivity contribution in [1.82, 2.24) is 4.90 Å². The van der Waals surface area contributed by atoms with Gasteiger partial charge in [0.2, 0.25) is 0 Å². The number of hydrogen-bond donors (Lipinski definition) is 0. The molecule has 1 aromatic rings. The molecule has 2 unspecified atom stereocenters. The van der Waals surface area contributed by atoms with Crippen LogP contribution in [-0.2, 0) is 11.2 Å². The number of hydrogen-bond acceptors (Lipinski definition) is 2. The van der Waals surface area contributed by atoms with E-state index in [9.17, 15) is 4.79 Å². The van der Waals surface area contributed by atoms with Crippen molar-refractivity contribution in [3.05, 3.63) is 29.8 Å². The number of benzene rings is 1. The minimum atomic E-state index is 0.106. The number of rotatable bonds is 4. The highest BCUT2D eigenvalue weighted by Gasteiger charge is 2.25. The third-order valence-corrected chi connectivity index (χ3v) is 3.93. The molecule has 0 aromatic heterocycles. The number of likely N-dealkylation sites (tertiary alicyclic amines) is 1. The molecule has 0 saturated carbocycles. The monoisotopic (exact) mass is 275 g/mol. The van der Waals surface area contributed by atoms with Crippen LogP contribution in [0.2, 0.25) is 0 Å². The fourth-order valence-electron chi connectivity index (χ4n) is 3.03. The molecule has 0 N–H and O–H groups in total. The Morgan fingerprint density at radius 2 is 1.90 bits per heavy atom. The second-order valence-corrected chi connectivity index (χ2v) is 5.99. The number of carbonyl (C=O) groups is 1. The van der Waals surface area contributed by atoms with E-state index in [0.717, 1.165) is 30.8 Å². The molecule has 2 atom stereocenters. The van der Waals surface area contributed by atoms with E-state index in [2.05, 4.69) is 20.8 Å². The summed E-state index contributed by atoms with van der Waals surface area (Å²) < 4.78 is 5.72. The quantitative estimate of drug-likeness (QED) is 0.845. The van der Waals surface area contributed by atoms with Gasteiger partial charge in [-0.05, 0) is 36.3 Å². The number of piperidine rings is 1. The maximum atomic E-state index is 12.3. The standard InChI is InChI=1S/C17H25NO2/c1-4-15-7-5-6-8-16(15)20-12-17(19)18-10-13(2)9-14(3)11-18/h5-8,13-14H,4,9-12H2,1-3H3. The van der Waals surface area contributed by atoms with Crippen LogP contribution in [0, 0.1) is 11.8 Å². The van der Waals surface area contributed by atoms with Crippen LogP contribution < -0.4 is 4.74 Å². The number of aryl methyl sites for hydroxylation is 1. The molecule has 0 bridgehead atoms. The van der Waals surface area contributed by atoms with Gasteiger partial charge >= 0.3 is 0 Å². The largest absolute Gasteiger partial charge is 0.483 e. The number of carbonyl (C=O) groups excluding carboxylic acids is 1. The van der Waals surface area contributed by atoms with Crippen LogP contribution in [-0.4, -0.2) is 30.5 Å². The molecule has 20 heavy (non-hydrogen) atoms. The average Bonchev–Trinajstić information content (AvgIpc) is 2.44. The van der Waals surface area contributed by atoms with Crippen LogP contribution in [0.4, 0.5) is 0 Å². The molecule has 3 nitrogen and oxygen atoms in total. The normalized spacial score (nSPS) is 22.6. The highest BCUT2D eigenvalue weighted by Crippen LogP contribution is 2.22. The van der Waals surface area contributed by atoms with Gasteiger partial charge in [0.05, 0.1) is 0 Å². The Morgan fingerprint density at radius 3 is 2.55 bits per heavy atom. The lowest BCUT2D eigenvalue weighted by Crippen LogP contribution is -2.44.